The van der Waals surface area contributed by atoms with Crippen molar-refractivity contribution in [1.82, 2.24) is 9.80 Å². The molecule has 0 unspecified atom stereocenters. The van der Waals surface area contributed by atoms with Crippen molar-refractivity contribution in [2.45, 2.75) is 17.4 Å². The topological polar surface area (TPSA) is 121 Å². The molecule has 18 heteroatoms. The number of halogens is 6. The van der Waals surface area contributed by atoms with Gasteiger partial charge in [0, 0.05) is 45.7 Å². The van der Waals surface area contributed by atoms with Crippen molar-refractivity contribution in [3.8, 4) is 0 Å². The summed E-state index contributed by atoms with van der Waals surface area (Å²) in [7, 11) is -12.2. The highest BCUT2D eigenvalue weighted by Crippen LogP contribution is 2.24. The molecule has 0 N–H and O–H groups in total. The van der Waals surface area contributed by atoms with E-state index < -0.39 is 31.3 Å². The van der Waals surface area contributed by atoms with Crippen molar-refractivity contribution >= 4 is 20.2 Å². The molecule has 6 heterocycles. The molecule has 35 heavy (non-hydrogen) atoms. The van der Waals surface area contributed by atoms with Crippen molar-refractivity contribution in [1.29, 1.82) is 0 Å². The molecule has 0 radical (unpaired) electrons. The van der Waals surface area contributed by atoms with Gasteiger partial charge in [-0.2, -0.15) is 26.3 Å². The minimum Gasteiger partial charge on any atom is -0.741 e. The third kappa shape index (κ3) is 8.65. The molecule has 0 aliphatic carbocycles. The van der Waals surface area contributed by atoms with Gasteiger partial charge in [-0.25, -0.2) is 16.8 Å². The van der Waals surface area contributed by atoms with Gasteiger partial charge in [-0.3, -0.25) is 9.80 Å². The lowest BCUT2D eigenvalue weighted by Crippen LogP contribution is -2.69. The Hall–Kier alpha value is -0.760. The van der Waals surface area contributed by atoms with Gasteiger partial charge < -0.3 is 18.1 Å². The zero-order chi connectivity index (χ0) is 26.8. The molecule has 0 saturated carbocycles. The maximum Gasteiger partial charge on any atom is 0.485 e. The second kappa shape index (κ2) is 10.9. The predicted molar refractivity (Wildman–Crippen MR) is 108 cm³/mol. The highest BCUT2D eigenvalue weighted by molar-refractivity contribution is 7.86. The first kappa shape index (κ1) is 30.5. The van der Waals surface area contributed by atoms with Crippen LogP contribution in [-0.4, -0.2) is 147 Å². The Morgan fingerprint density at radius 3 is 0.943 bits per heavy atom. The van der Waals surface area contributed by atoms with Crippen LogP contribution in [0.5, 0.6) is 0 Å². The van der Waals surface area contributed by atoms with Crippen LogP contribution in [0.3, 0.4) is 0 Å². The molecular weight excluding hydrogens is 534 g/mol. The summed E-state index contributed by atoms with van der Waals surface area (Å²) < 4.78 is 121. The van der Waals surface area contributed by atoms with Crippen LogP contribution in [0.25, 0.3) is 0 Å². The van der Waals surface area contributed by atoms with Crippen molar-refractivity contribution in [3.63, 3.8) is 0 Å². The number of piperazine rings is 6. The van der Waals surface area contributed by atoms with Gasteiger partial charge in [0.15, 0.2) is 20.2 Å². The molecule has 6 aliphatic heterocycles. The average molecular weight is 565 g/mol. The van der Waals surface area contributed by atoms with Gasteiger partial charge in [-0.05, 0) is 0 Å². The van der Waals surface area contributed by atoms with Crippen molar-refractivity contribution in [2.75, 3.05) is 91.6 Å². The molecule has 10 nitrogen and oxygen atoms in total. The molecular formula is C17H30F6N4O6S2. The standard InChI is InChI=1S/C15H30N4.2CHF3O3S/c1(8-18-10-2-16(3-11-18)4-12-18)9-19-13-5-17(6-14-19)7-15-19;2*2-1(3,4)8(5,6)7/h1-15H2;2*(H,5,6,7)/q+2;;/p-2. The van der Waals surface area contributed by atoms with Crippen molar-refractivity contribution < 1.29 is 61.2 Å². The summed E-state index contributed by atoms with van der Waals surface area (Å²) in [6.45, 7) is 19.8. The lowest BCUT2D eigenvalue weighted by atomic mass is 10.1. The van der Waals surface area contributed by atoms with Crippen LogP contribution in [0.15, 0.2) is 0 Å². The van der Waals surface area contributed by atoms with E-state index in [4.69, 9.17) is 25.9 Å². The average Bonchev–Trinajstić information content (AvgIpc) is 2.74. The zero-order valence-corrected chi connectivity index (χ0v) is 20.6. The van der Waals surface area contributed by atoms with E-state index in [1.807, 2.05) is 0 Å². The fourth-order valence-electron chi connectivity index (χ4n) is 4.88. The van der Waals surface area contributed by atoms with Gasteiger partial charge in [0.1, 0.15) is 0 Å². The second-order valence-electron chi connectivity index (χ2n) is 9.31. The van der Waals surface area contributed by atoms with Gasteiger partial charge in [0.25, 0.3) is 0 Å². The SMILES string of the molecule is C(C[N+]12CCN(CC1)CC2)C[N+]12CCN(CC1)CC2.O=S(=O)([O-])C(F)(F)F.O=S(=O)([O-])C(F)(F)F. The summed E-state index contributed by atoms with van der Waals surface area (Å²) in [5.41, 5.74) is -11.3. The smallest absolute Gasteiger partial charge is 0.485 e. The third-order valence-electron chi connectivity index (χ3n) is 7.18. The molecule has 0 aromatic heterocycles. The quantitative estimate of drug-likeness (QED) is 0.199. The molecule has 6 aliphatic rings. The molecule has 0 aromatic carbocycles. The summed E-state index contributed by atoms with van der Waals surface area (Å²) in [5, 5.41) is 0. The van der Waals surface area contributed by atoms with E-state index in [2.05, 4.69) is 9.80 Å². The van der Waals surface area contributed by atoms with Crippen LogP contribution < -0.4 is 0 Å². The number of alkyl halides is 6. The van der Waals surface area contributed by atoms with Crippen LogP contribution in [0.4, 0.5) is 26.3 Å². The monoisotopic (exact) mass is 564 g/mol. The first-order valence-electron chi connectivity index (χ1n) is 11.0. The van der Waals surface area contributed by atoms with Crippen LogP contribution in [-0.2, 0) is 20.2 Å². The second-order valence-corrected chi connectivity index (χ2v) is 12.1. The van der Waals surface area contributed by atoms with E-state index in [9.17, 15) is 26.3 Å². The highest BCUT2D eigenvalue weighted by atomic mass is 32.2. The first-order valence-corrected chi connectivity index (χ1v) is 13.8. The van der Waals surface area contributed by atoms with Gasteiger partial charge >= 0.3 is 11.0 Å². The van der Waals surface area contributed by atoms with E-state index in [-0.39, 0.29) is 0 Å². The van der Waals surface area contributed by atoms with Crippen LogP contribution in [0.2, 0.25) is 0 Å². The normalized spacial score (nSPS) is 32.8. The van der Waals surface area contributed by atoms with Crippen molar-refractivity contribution in [3.05, 3.63) is 0 Å². The van der Waals surface area contributed by atoms with Crippen LogP contribution in [0, 0.1) is 0 Å². The Balaban J connectivity index is 0.000000227. The van der Waals surface area contributed by atoms with Gasteiger partial charge in [-0.15, -0.1) is 0 Å². The molecule has 6 rings (SSSR count). The first-order chi connectivity index (χ1) is 15.8. The van der Waals surface area contributed by atoms with Gasteiger partial charge in [-0.1, -0.05) is 0 Å². The number of quaternary nitrogens is 2. The number of rotatable bonds is 4. The fraction of sp³-hybridized carbons (Fsp3) is 1.00. The van der Waals surface area contributed by atoms with E-state index in [1.165, 1.54) is 107 Å². The molecule has 6 saturated heterocycles. The summed E-state index contributed by atoms with van der Waals surface area (Å²) in [5.74, 6) is 0. The summed E-state index contributed by atoms with van der Waals surface area (Å²) in [6.07, 6.45) is 1.47. The van der Waals surface area contributed by atoms with Gasteiger partial charge in [0.2, 0.25) is 0 Å². The highest BCUT2D eigenvalue weighted by Gasteiger charge is 2.41. The lowest BCUT2D eigenvalue weighted by molar-refractivity contribution is -0.958. The molecule has 0 spiro atoms. The lowest BCUT2D eigenvalue weighted by Gasteiger charge is -2.52. The summed E-state index contributed by atoms with van der Waals surface area (Å²) in [6, 6.07) is 0. The molecule has 208 valence electrons. The van der Waals surface area contributed by atoms with Crippen molar-refractivity contribution in [2.24, 2.45) is 0 Å². The summed E-state index contributed by atoms with van der Waals surface area (Å²) >= 11 is 0. The number of fused-ring (bicyclic) bond motifs is 6. The Labute approximate surface area is 200 Å². The van der Waals surface area contributed by atoms with Crippen LogP contribution in [0.1, 0.15) is 6.42 Å². The molecule has 4 bridgehead atoms. The molecule has 6 fully saturated rings. The third-order valence-corrected chi connectivity index (χ3v) is 8.31. The summed E-state index contributed by atoms with van der Waals surface area (Å²) in [4.78, 5) is 5.32. The van der Waals surface area contributed by atoms with E-state index in [1.54, 1.807) is 0 Å². The molecule has 0 atom stereocenters. The fourth-order valence-corrected chi connectivity index (χ4v) is 4.88. The van der Waals surface area contributed by atoms with Gasteiger partial charge in [0.05, 0.1) is 52.4 Å². The number of nitrogens with zero attached hydrogens (tertiary/aromatic N) is 4. The van der Waals surface area contributed by atoms with E-state index >= 15 is 0 Å². The Morgan fingerprint density at radius 2 is 0.771 bits per heavy atom. The van der Waals surface area contributed by atoms with Crippen LogP contribution >= 0.6 is 0 Å². The predicted octanol–water partition coefficient (Wildman–Crippen LogP) is -0.229. The number of hydrogen-bond acceptors (Lipinski definition) is 8. The maximum atomic E-state index is 10.7. The largest absolute Gasteiger partial charge is 0.741 e. The van der Waals surface area contributed by atoms with E-state index in [0.29, 0.717) is 0 Å². The Morgan fingerprint density at radius 1 is 0.571 bits per heavy atom. The maximum absolute atomic E-state index is 10.7. The van der Waals surface area contributed by atoms with E-state index in [0.717, 1.165) is 0 Å². The minimum atomic E-state index is -6.09. The minimum absolute atomic E-state index is 1.37. The Bertz CT molecular complexity index is 811. The Kier molecular flexibility index (Phi) is 9.51. The zero-order valence-electron chi connectivity index (χ0n) is 18.9. The number of hydrogen-bond donors (Lipinski definition) is 0. The molecule has 0 aromatic rings. The molecule has 0 amide bonds.